The molecule has 1 saturated heterocycles. The highest BCUT2D eigenvalue weighted by Crippen LogP contribution is 2.21. The lowest BCUT2D eigenvalue weighted by atomic mass is 10.0. The number of aryl methyl sites for hydroxylation is 1. The number of aromatic nitrogens is 2. The van der Waals surface area contributed by atoms with Gasteiger partial charge in [0.1, 0.15) is 0 Å². The third-order valence-electron chi connectivity index (χ3n) is 3.85. The van der Waals surface area contributed by atoms with Gasteiger partial charge in [-0.25, -0.2) is 13.2 Å². The van der Waals surface area contributed by atoms with Gasteiger partial charge in [0.15, 0.2) is 4.90 Å². The number of nitrogens with zero attached hydrogens (tertiary/aromatic N) is 3. The van der Waals surface area contributed by atoms with Gasteiger partial charge in [-0.1, -0.05) is 0 Å². The smallest absolute Gasteiger partial charge is 0.330 e. The zero-order valence-corrected chi connectivity index (χ0v) is 14.2. The van der Waals surface area contributed by atoms with Crippen LogP contribution in [0.2, 0.25) is 0 Å². The lowest BCUT2D eigenvalue weighted by molar-refractivity contribution is 0.271. The molecule has 1 aromatic heterocycles. The monoisotopic (exact) mass is 352 g/mol. The van der Waals surface area contributed by atoms with Gasteiger partial charge in [0, 0.05) is 33.4 Å². The summed E-state index contributed by atoms with van der Waals surface area (Å²) < 4.78 is 28.5. The van der Waals surface area contributed by atoms with Gasteiger partial charge in [-0.05, 0) is 25.3 Å². The molecule has 1 aromatic rings. The van der Waals surface area contributed by atoms with Crippen LogP contribution >= 0.6 is 12.4 Å². The summed E-state index contributed by atoms with van der Waals surface area (Å²) in [4.78, 5) is 23.4. The Hall–Kier alpha value is -1.16. The number of hydrogen-bond donors (Lipinski definition) is 1. The number of sulfonamides is 1. The third-order valence-corrected chi connectivity index (χ3v) is 5.70. The van der Waals surface area contributed by atoms with Gasteiger partial charge in [0.2, 0.25) is 10.0 Å². The first kappa shape index (κ1) is 18.9. The van der Waals surface area contributed by atoms with Crippen molar-refractivity contribution in [1.82, 2.24) is 13.4 Å². The molecule has 0 bridgehead atoms. The van der Waals surface area contributed by atoms with E-state index in [4.69, 9.17) is 5.73 Å². The van der Waals surface area contributed by atoms with E-state index in [1.807, 2.05) is 0 Å². The molecule has 1 fully saturated rings. The van der Waals surface area contributed by atoms with Crippen LogP contribution < -0.4 is 17.0 Å². The van der Waals surface area contributed by atoms with Gasteiger partial charge < -0.3 is 10.3 Å². The highest BCUT2D eigenvalue weighted by atomic mass is 35.5. The van der Waals surface area contributed by atoms with Gasteiger partial charge in [-0.15, -0.1) is 12.4 Å². The molecule has 0 aliphatic carbocycles. The van der Waals surface area contributed by atoms with Crippen molar-refractivity contribution in [3.05, 3.63) is 27.0 Å². The molecule has 126 valence electrons. The summed E-state index contributed by atoms with van der Waals surface area (Å²) in [6.45, 7) is 1.09. The normalized spacial score (nSPS) is 19.7. The molecular formula is C12H21ClN4O4S. The van der Waals surface area contributed by atoms with Crippen LogP contribution in [0.3, 0.4) is 0 Å². The number of nitrogens with two attached hydrogens (primary N) is 1. The molecule has 1 atom stereocenters. The molecule has 22 heavy (non-hydrogen) atoms. The molecule has 2 N–H and O–H groups in total. The highest BCUT2D eigenvalue weighted by molar-refractivity contribution is 7.89. The van der Waals surface area contributed by atoms with E-state index in [2.05, 4.69) is 0 Å². The summed E-state index contributed by atoms with van der Waals surface area (Å²) in [5, 5.41) is 0. The third kappa shape index (κ3) is 3.27. The molecular weight excluding hydrogens is 332 g/mol. The topological polar surface area (TPSA) is 107 Å². The Bertz CT molecular complexity index is 755. The second-order valence-electron chi connectivity index (χ2n) is 5.36. The van der Waals surface area contributed by atoms with Crippen molar-refractivity contribution in [3.8, 4) is 0 Å². The van der Waals surface area contributed by atoms with E-state index in [0.29, 0.717) is 26.1 Å². The maximum Gasteiger partial charge on any atom is 0.330 e. The fourth-order valence-corrected chi connectivity index (χ4v) is 4.23. The molecule has 1 aliphatic heterocycles. The van der Waals surface area contributed by atoms with Crippen LogP contribution in [-0.4, -0.2) is 41.5 Å². The average molecular weight is 353 g/mol. The SMILES string of the molecule is Cl.Cn1cc(S(=O)(=O)N2CCCC(CN)C2)c(=O)n(C)c1=O. The van der Waals surface area contributed by atoms with Crippen molar-refractivity contribution in [2.75, 3.05) is 19.6 Å². The highest BCUT2D eigenvalue weighted by Gasteiger charge is 2.32. The fourth-order valence-electron chi connectivity index (χ4n) is 2.53. The largest absolute Gasteiger partial charge is 0.330 e. The first-order valence-corrected chi connectivity index (χ1v) is 8.20. The first-order chi connectivity index (χ1) is 9.78. The Kier molecular flexibility index (Phi) is 5.96. The lowest BCUT2D eigenvalue weighted by Crippen LogP contribution is -2.46. The molecule has 2 heterocycles. The minimum absolute atomic E-state index is 0. The van der Waals surface area contributed by atoms with Gasteiger partial charge in [0.05, 0.1) is 0 Å². The summed E-state index contributed by atoms with van der Waals surface area (Å²) in [6, 6.07) is 0. The van der Waals surface area contributed by atoms with E-state index >= 15 is 0 Å². The van der Waals surface area contributed by atoms with Crippen molar-refractivity contribution < 1.29 is 8.42 Å². The zero-order chi connectivity index (χ0) is 15.8. The summed E-state index contributed by atoms with van der Waals surface area (Å²) in [6.07, 6.45) is 2.69. The zero-order valence-electron chi connectivity index (χ0n) is 12.6. The molecule has 0 spiro atoms. The van der Waals surface area contributed by atoms with Crippen molar-refractivity contribution >= 4 is 22.4 Å². The standard InChI is InChI=1S/C12H20N4O4S.ClH/c1-14-8-10(11(17)15(2)12(14)18)21(19,20)16-5-3-4-9(6-13)7-16;/h8-9H,3-7,13H2,1-2H3;1H. The number of piperidine rings is 1. The maximum atomic E-state index is 12.6. The lowest BCUT2D eigenvalue weighted by Gasteiger charge is -2.31. The Morgan fingerprint density at radius 2 is 1.95 bits per heavy atom. The molecule has 2 rings (SSSR count). The molecule has 1 aliphatic rings. The number of rotatable bonds is 3. The van der Waals surface area contributed by atoms with E-state index in [9.17, 15) is 18.0 Å². The predicted octanol–water partition coefficient (Wildman–Crippen LogP) is -1.13. The summed E-state index contributed by atoms with van der Waals surface area (Å²) >= 11 is 0. The van der Waals surface area contributed by atoms with Crippen LogP contribution in [0.25, 0.3) is 0 Å². The molecule has 8 nitrogen and oxygen atoms in total. The van der Waals surface area contributed by atoms with E-state index in [1.54, 1.807) is 0 Å². The minimum Gasteiger partial charge on any atom is -0.330 e. The Morgan fingerprint density at radius 3 is 2.55 bits per heavy atom. The van der Waals surface area contributed by atoms with E-state index < -0.39 is 21.3 Å². The summed E-state index contributed by atoms with van der Waals surface area (Å²) in [5.74, 6) is 0.102. The van der Waals surface area contributed by atoms with Crippen molar-refractivity contribution in [1.29, 1.82) is 0 Å². The Labute approximate surface area is 135 Å². The van der Waals surface area contributed by atoms with Crippen LogP contribution in [0.15, 0.2) is 20.7 Å². The van der Waals surface area contributed by atoms with Crippen LogP contribution in [0.5, 0.6) is 0 Å². The molecule has 0 saturated carbocycles. The van der Waals surface area contributed by atoms with Crippen molar-refractivity contribution in [3.63, 3.8) is 0 Å². The average Bonchev–Trinajstić information content (AvgIpc) is 2.48. The van der Waals surface area contributed by atoms with Gasteiger partial charge >= 0.3 is 5.69 Å². The summed E-state index contributed by atoms with van der Waals surface area (Å²) in [7, 11) is -1.23. The fraction of sp³-hybridized carbons (Fsp3) is 0.667. The molecule has 0 aromatic carbocycles. The van der Waals surface area contributed by atoms with E-state index in [0.717, 1.165) is 21.8 Å². The van der Waals surface area contributed by atoms with Gasteiger partial charge in [0.25, 0.3) is 5.56 Å². The number of hydrogen-bond acceptors (Lipinski definition) is 5. The van der Waals surface area contributed by atoms with Gasteiger partial charge in [-0.3, -0.25) is 9.36 Å². The van der Waals surface area contributed by atoms with Crippen LogP contribution in [0, 0.1) is 5.92 Å². The van der Waals surface area contributed by atoms with Gasteiger partial charge in [-0.2, -0.15) is 4.31 Å². The second kappa shape index (κ2) is 6.95. The van der Waals surface area contributed by atoms with E-state index in [1.165, 1.54) is 18.4 Å². The first-order valence-electron chi connectivity index (χ1n) is 6.76. The van der Waals surface area contributed by atoms with Crippen LogP contribution in [0.4, 0.5) is 0 Å². The second-order valence-corrected chi connectivity index (χ2v) is 7.26. The van der Waals surface area contributed by atoms with Crippen LogP contribution in [0.1, 0.15) is 12.8 Å². The molecule has 10 heteroatoms. The maximum absolute atomic E-state index is 12.6. The van der Waals surface area contributed by atoms with Crippen molar-refractivity contribution in [2.24, 2.45) is 25.7 Å². The Morgan fingerprint density at radius 1 is 1.32 bits per heavy atom. The predicted molar refractivity (Wildman–Crippen MR) is 84.7 cm³/mol. The molecule has 0 radical (unpaired) electrons. The van der Waals surface area contributed by atoms with E-state index in [-0.39, 0.29) is 23.2 Å². The number of halogens is 1. The van der Waals surface area contributed by atoms with Crippen LogP contribution in [-0.2, 0) is 24.1 Å². The Balaban J connectivity index is 0.00000242. The molecule has 1 unspecified atom stereocenters. The quantitative estimate of drug-likeness (QED) is 0.740. The summed E-state index contributed by atoms with van der Waals surface area (Å²) in [5.41, 5.74) is 4.26. The van der Waals surface area contributed by atoms with Crippen molar-refractivity contribution in [2.45, 2.75) is 17.7 Å². The molecule has 0 amide bonds. The minimum atomic E-state index is -3.91.